The van der Waals surface area contributed by atoms with Gasteiger partial charge in [0.1, 0.15) is 13.2 Å². The number of thioether (sulfide) groups is 1. The quantitative estimate of drug-likeness (QED) is 0.544. The monoisotopic (exact) mass is 443 g/mol. The lowest BCUT2D eigenvalue weighted by molar-refractivity contribution is -0.136. The SMILES string of the molecule is CSc1ccc(C2NC(=O)N(CC(=O)Nc3ccc(Cl)cc3)C3=C2C(=O)OC3)cc1. The Hall–Kier alpha value is -2.97. The van der Waals surface area contributed by atoms with Gasteiger partial charge in [-0.15, -0.1) is 11.8 Å². The number of nitrogens with zero attached hydrogens (tertiary/aromatic N) is 1. The number of hydrogen-bond acceptors (Lipinski definition) is 5. The fraction of sp³-hybridized carbons (Fsp3) is 0.190. The Morgan fingerprint density at radius 1 is 1.20 bits per heavy atom. The molecule has 0 bridgehead atoms. The highest BCUT2D eigenvalue weighted by Crippen LogP contribution is 2.35. The highest BCUT2D eigenvalue weighted by atomic mass is 35.5. The van der Waals surface area contributed by atoms with Gasteiger partial charge in [-0.05, 0) is 48.2 Å². The Bertz CT molecular complexity index is 1040. The van der Waals surface area contributed by atoms with Crippen LogP contribution in [-0.4, -0.2) is 42.2 Å². The molecule has 0 aliphatic carbocycles. The first kappa shape index (κ1) is 20.3. The maximum Gasteiger partial charge on any atom is 0.338 e. The largest absolute Gasteiger partial charge is 0.456 e. The van der Waals surface area contributed by atoms with Crippen molar-refractivity contribution in [2.24, 2.45) is 0 Å². The van der Waals surface area contributed by atoms with Gasteiger partial charge >= 0.3 is 12.0 Å². The summed E-state index contributed by atoms with van der Waals surface area (Å²) in [5.41, 5.74) is 2.10. The van der Waals surface area contributed by atoms with Crippen LogP contribution >= 0.6 is 23.4 Å². The van der Waals surface area contributed by atoms with E-state index in [-0.39, 0.29) is 13.2 Å². The minimum Gasteiger partial charge on any atom is -0.456 e. The fourth-order valence-electron chi connectivity index (χ4n) is 3.40. The van der Waals surface area contributed by atoms with Gasteiger partial charge in [-0.25, -0.2) is 9.59 Å². The summed E-state index contributed by atoms with van der Waals surface area (Å²) in [6.45, 7) is -0.294. The molecule has 2 aromatic carbocycles. The molecule has 2 N–H and O–H groups in total. The third-order valence-corrected chi connectivity index (χ3v) is 5.87. The number of cyclic esters (lactones) is 1. The second kappa shape index (κ2) is 8.41. The second-order valence-corrected chi connectivity index (χ2v) is 8.05. The molecule has 0 saturated heterocycles. The van der Waals surface area contributed by atoms with E-state index in [2.05, 4.69) is 10.6 Å². The smallest absolute Gasteiger partial charge is 0.338 e. The van der Waals surface area contributed by atoms with Crippen LogP contribution in [0.5, 0.6) is 0 Å². The first-order valence-electron chi connectivity index (χ1n) is 9.14. The zero-order valence-electron chi connectivity index (χ0n) is 16.0. The molecule has 0 aromatic heterocycles. The summed E-state index contributed by atoms with van der Waals surface area (Å²) in [6.07, 6.45) is 1.97. The molecule has 1 unspecified atom stereocenters. The lowest BCUT2D eigenvalue weighted by atomic mass is 9.96. The Kier molecular flexibility index (Phi) is 5.69. The summed E-state index contributed by atoms with van der Waals surface area (Å²) in [6, 6.07) is 13.2. The fourth-order valence-corrected chi connectivity index (χ4v) is 3.94. The van der Waals surface area contributed by atoms with E-state index < -0.39 is 23.9 Å². The molecule has 0 radical (unpaired) electrons. The van der Waals surface area contributed by atoms with E-state index in [0.29, 0.717) is 22.0 Å². The van der Waals surface area contributed by atoms with Crippen LogP contribution in [0, 0.1) is 0 Å². The van der Waals surface area contributed by atoms with Crippen molar-refractivity contribution in [1.29, 1.82) is 0 Å². The van der Waals surface area contributed by atoms with Crippen LogP contribution in [0.15, 0.2) is 64.7 Å². The minimum absolute atomic E-state index is 0.0464. The van der Waals surface area contributed by atoms with Crippen molar-refractivity contribution in [1.82, 2.24) is 10.2 Å². The summed E-state index contributed by atoms with van der Waals surface area (Å²) in [5, 5.41) is 6.09. The molecule has 30 heavy (non-hydrogen) atoms. The highest BCUT2D eigenvalue weighted by Gasteiger charge is 2.42. The number of urea groups is 1. The maximum absolute atomic E-state index is 12.8. The van der Waals surface area contributed by atoms with Crippen molar-refractivity contribution in [3.63, 3.8) is 0 Å². The van der Waals surface area contributed by atoms with Crippen molar-refractivity contribution in [3.05, 3.63) is 70.4 Å². The van der Waals surface area contributed by atoms with E-state index in [1.54, 1.807) is 36.0 Å². The molecule has 2 aliphatic heterocycles. The molecule has 154 valence electrons. The molecule has 2 aliphatic rings. The normalized spacial score (nSPS) is 18.1. The number of hydrogen-bond donors (Lipinski definition) is 2. The van der Waals surface area contributed by atoms with Gasteiger partial charge in [0.15, 0.2) is 0 Å². The average molecular weight is 444 g/mol. The predicted molar refractivity (Wildman–Crippen MR) is 114 cm³/mol. The van der Waals surface area contributed by atoms with Gasteiger partial charge in [0.2, 0.25) is 5.91 Å². The maximum atomic E-state index is 12.8. The summed E-state index contributed by atoms with van der Waals surface area (Å²) >= 11 is 7.45. The molecular formula is C21H18ClN3O4S. The van der Waals surface area contributed by atoms with Gasteiger partial charge in [0, 0.05) is 15.6 Å². The second-order valence-electron chi connectivity index (χ2n) is 6.73. The Balaban J connectivity index is 1.57. The topological polar surface area (TPSA) is 87.7 Å². The number of esters is 1. The summed E-state index contributed by atoms with van der Waals surface area (Å²) < 4.78 is 5.19. The number of nitrogens with one attached hydrogen (secondary N) is 2. The van der Waals surface area contributed by atoms with Crippen LogP contribution in [0.1, 0.15) is 11.6 Å². The standard InChI is InChI=1S/C21H18ClN3O4S/c1-30-15-8-2-12(3-9-15)19-18-16(11-29-20(18)27)25(21(28)24-19)10-17(26)23-14-6-4-13(22)5-7-14/h2-9,19H,10-11H2,1H3,(H,23,26)(H,24,28). The lowest BCUT2D eigenvalue weighted by Crippen LogP contribution is -2.49. The van der Waals surface area contributed by atoms with Crippen LogP contribution in [0.25, 0.3) is 0 Å². The Morgan fingerprint density at radius 3 is 2.57 bits per heavy atom. The van der Waals surface area contributed by atoms with Gasteiger partial charge in [-0.3, -0.25) is 9.69 Å². The zero-order valence-corrected chi connectivity index (χ0v) is 17.5. The average Bonchev–Trinajstić information content (AvgIpc) is 3.13. The molecule has 3 amide bonds. The highest BCUT2D eigenvalue weighted by molar-refractivity contribution is 7.98. The van der Waals surface area contributed by atoms with Crippen molar-refractivity contribution < 1.29 is 19.1 Å². The Morgan fingerprint density at radius 2 is 1.90 bits per heavy atom. The van der Waals surface area contributed by atoms with E-state index in [4.69, 9.17) is 16.3 Å². The number of amides is 3. The zero-order chi connectivity index (χ0) is 21.3. The summed E-state index contributed by atoms with van der Waals surface area (Å²) in [4.78, 5) is 40.0. The number of anilines is 1. The number of benzene rings is 2. The molecule has 0 spiro atoms. The first-order valence-corrected chi connectivity index (χ1v) is 10.7. The van der Waals surface area contributed by atoms with Crippen LogP contribution in [-0.2, 0) is 14.3 Å². The van der Waals surface area contributed by atoms with E-state index in [9.17, 15) is 14.4 Å². The van der Waals surface area contributed by atoms with Crippen molar-refractivity contribution >= 4 is 47.0 Å². The lowest BCUT2D eigenvalue weighted by Gasteiger charge is -2.32. The van der Waals surface area contributed by atoms with E-state index in [1.165, 1.54) is 4.90 Å². The van der Waals surface area contributed by atoms with Crippen molar-refractivity contribution in [2.45, 2.75) is 10.9 Å². The first-order chi connectivity index (χ1) is 14.5. The van der Waals surface area contributed by atoms with Crippen molar-refractivity contribution in [3.8, 4) is 0 Å². The van der Waals surface area contributed by atoms with Crippen LogP contribution in [0.4, 0.5) is 10.5 Å². The summed E-state index contributed by atoms with van der Waals surface area (Å²) in [5.74, 6) is -0.895. The van der Waals surface area contributed by atoms with Gasteiger partial charge < -0.3 is 15.4 Å². The predicted octanol–water partition coefficient (Wildman–Crippen LogP) is 3.58. The molecule has 2 aromatic rings. The number of carbonyl (C=O) groups is 3. The molecule has 7 nitrogen and oxygen atoms in total. The molecule has 0 saturated carbocycles. The van der Waals surface area contributed by atoms with Gasteiger partial charge in [-0.2, -0.15) is 0 Å². The van der Waals surface area contributed by atoms with Crippen LogP contribution < -0.4 is 10.6 Å². The molecule has 2 heterocycles. The third kappa shape index (κ3) is 4.01. The van der Waals surface area contributed by atoms with Crippen LogP contribution in [0.2, 0.25) is 5.02 Å². The van der Waals surface area contributed by atoms with E-state index in [1.807, 2.05) is 30.5 Å². The molecule has 9 heteroatoms. The molecule has 1 atom stereocenters. The van der Waals surface area contributed by atoms with E-state index >= 15 is 0 Å². The number of ether oxygens (including phenoxy) is 1. The number of halogens is 1. The molecule has 0 fully saturated rings. The van der Waals surface area contributed by atoms with Gasteiger partial charge in [0.05, 0.1) is 17.3 Å². The minimum atomic E-state index is -0.617. The Labute approximate surface area is 182 Å². The number of carbonyl (C=O) groups excluding carboxylic acids is 3. The number of rotatable bonds is 5. The summed E-state index contributed by atoms with van der Waals surface area (Å²) in [7, 11) is 0. The van der Waals surface area contributed by atoms with Gasteiger partial charge in [0.25, 0.3) is 0 Å². The van der Waals surface area contributed by atoms with Gasteiger partial charge in [-0.1, -0.05) is 23.7 Å². The molecular weight excluding hydrogens is 426 g/mol. The third-order valence-electron chi connectivity index (χ3n) is 4.88. The van der Waals surface area contributed by atoms with E-state index in [0.717, 1.165) is 10.5 Å². The van der Waals surface area contributed by atoms with Crippen LogP contribution in [0.3, 0.4) is 0 Å². The molecule has 4 rings (SSSR count). The van der Waals surface area contributed by atoms with Crippen molar-refractivity contribution in [2.75, 3.05) is 24.7 Å².